The average molecular weight is 574 g/mol. The monoisotopic (exact) mass is 573 g/mol. The van der Waals surface area contributed by atoms with Gasteiger partial charge >= 0.3 is 0 Å². The quantitative estimate of drug-likeness (QED) is 0.259. The minimum atomic E-state index is 0.0456. The van der Waals surface area contributed by atoms with Gasteiger partial charge in [0.1, 0.15) is 0 Å². The molecule has 1 heterocycles. The first-order valence-electron chi connectivity index (χ1n) is 14.3. The molecular formula is C32H47NO4S2. The second kappa shape index (κ2) is 13.8. The number of methoxy groups -OCH3 is 4. The van der Waals surface area contributed by atoms with E-state index in [2.05, 4.69) is 78.8 Å². The smallest absolute Gasteiger partial charge is 0.161 e. The van der Waals surface area contributed by atoms with Crippen LogP contribution in [0.5, 0.6) is 23.0 Å². The van der Waals surface area contributed by atoms with Crippen molar-refractivity contribution in [3.05, 3.63) is 47.5 Å². The molecule has 216 valence electrons. The van der Waals surface area contributed by atoms with Crippen LogP contribution in [0, 0.1) is 5.92 Å². The average Bonchev–Trinajstić information content (AvgIpc) is 2.97. The molecule has 2 aromatic carbocycles. The van der Waals surface area contributed by atoms with Crippen LogP contribution in [0.25, 0.3) is 0 Å². The van der Waals surface area contributed by atoms with Gasteiger partial charge < -0.3 is 23.8 Å². The molecule has 1 aliphatic carbocycles. The summed E-state index contributed by atoms with van der Waals surface area (Å²) < 4.78 is 22.5. The minimum Gasteiger partial charge on any atom is -0.493 e. The molecule has 0 spiro atoms. The third-order valence-electron chi connectivity index (χ3n) is 8.40. The molecule has 1 aliphatic heterocycles. The maximum absolute atomic E-state index is 5.69. The van der Waals surface area contributed by atoms with Gasteiger partial charge in [-0.15, -0.1) is 23.5 Å². The molecule has 0 bridgehead atoms. The first-order chi connectivity index (χ1) is 18.9. The Hall–Kier alpha value is -1.70. The largest absolute Gasteiger partial charge is 0.493 e. The Morgan fingerprint density at radius 1 is 0.744 bits per heavy atom. The molecule has 0 radical (unpaired) electrons. The summed E-state index contributed by atoms with van der Waals surface area (Å²) in [5.74, 6) is 6.20. The van der Waals surface area contributed by atoms with Crippen molar-refractivity contribution >= 4 is 23.5 Å². The van der Waals surface area contributed by atoms with Gasteiger partial charge in [0.05, 0.1) is 32.5 Å². The van der Waals surface area contributed by atoms with Crippen molar-refractivity contribution in [2.24, 2.45) is 5.92 Å². The summed E-state index contributed by atoms with van der Waals surface area (Å²) in [5, 5.41) is 0. The third kappa shape index (κ3) is 6.97. The van der Waals surface area contributed by atoms with Crippen molar-refractivity contribution in [2.45, 2.75) is 61.4 Å². The van der Waals surface area contributed by atoms with Gasteiger partial charge in [-0.3, -0.25) is 0 Å². The third-order valence-corrected chi connectivity index (χ3v) is 11.8. The van der Waals surface area contributed by atoms with E-state index in [0.29, 0.717) is 5.92 Å². The van der Waals surface area contributed by atoms with Crippen LogP contribution in [0.2, 0.25) is 0 Å². The number of nitrogens with zero attached hydrogens (tertiary/aromatic N) is 1. The van der Waals surface area contributed by atoms with Gasteiger partial charge in [0.2, 0.25) is 0 Å². The molecule has 2 fully saturated rings. The van der Waals surface area contributed by atoms with Crippen molar-refractivity contribution in [3.63, 3.8) is 0 Å². The lowest BCUT2D eigenvalue weighted by atomic mass is 9.69. The number of thioether (sulfide) groups is 2. The van der Waals surface area contributed by atoms with Crippen molar-refractivity contribution in [1.29, 1.82) is 0 Å². The van der Waals surface area contributed by atoms with Gasteiger partial charge in [0.15, 0.2) is 23.0 Å². The molecule has 0 amide bonds. The molecular weight excluding hydrogens is 526 g/mol. The Bertz CT molecular complexity index is 983. The SMILES string of the molecule is COc1ccc(C2(CN(C)CC(C)CC3(c4ccc(OC)c(OC)c4)SCCCS3)CCCCC2)cc1OC. The lowest BCUT2D eigenvalue weighted by Crippen LogP contribution is -2.42. The Balaban J connectivity index is 1.51. The number of hydrogen-bond donors (Lipinski definition) is 0. The molecule has 1 saturated carbocycles. The summed E-state index contributed by atoms with van der Waals surface area (Å²) in [5.41, 5.74) is 2.89. The van der Waals surface area contributed by atoms with Gasteiger partial charge in [0.25, 0.3) is 0 Å². The fourth-order valence-electron chi connectivity index (χ4n) is 6.62. The Labute approximate surface area is 244 Å². The molecule has 5 nitrogen and oxygen atoms in total. The predicted molar refractivity (Wildman–Crippen MR) is 166 cm³/mol. The molecule has 0 N–H and O–H groups in total. The maximum atomic E-state index is 5.69. The summed E-state index contributed by atoms with van der Waals surface area (Å²) in [6, 6.07) is 13.1. The van der Waals surface area contributed by atoms with Crippen LogP contribution in [-0.4, -0.2) is 65.0 Å². The Kier molecular flexibility index (Phi) is 10.7. The van der Waals surface area contributed by atoms with E-state index in [1.54, 1.807) is 28.4 Å². The zero-order chi connectivity index (χ0) is 27.9. The summed E-state index contributed by atoms with van der Waals surface area (Å²) in [7, 11) is 9.19. The highest BCUT2D eigenvalue weighted by Crippen LogP contribution is 2.55. The number of benzene rings is 2. The van der Waals surface area contributed by atoms with Gasteiger partial charge in [-0.2, -0.15) is 0 Å². The van der Waals surface area contributed by atoms with Crippen LogP contribution in [0.4, 0.5) is 0 Å². The topological polar surface area (TPSA) is 40.2 Å². The van der Waals surface area contributed by atoms with E-state index in [4.69, 9.17) is 18.9 Å². The highest BCUT2D eigenvalue weighted by Gasteiger charge is 2.39. The Morgan fingerprint density at radius 2 is 1.28 bits per heavy atom. The van der Waals surface area contributed by atoms with Crippen molar-refractivity contribution in [3.8, 4) is 23.0 Å². The Morgan fingerprint density at radius 3 is 1.85 bits per heavy atom. The number of rotatable bonds is 12. The second-order valence-electron chi connectivity index (χ2n) is 11.3. The van der Waals surface area contributed by atoms with E-state index in [9.17, 15) is 0 Å². The molecule has 1 saturated heterocycles. The number of ether oxygens (including phenoxy) is 4. The van der Waals surface area contributed by atoms with E-state index in [0.717, 1.165) is 42.5 Å². The van der Waals surface area contributed by atoms with E-state index < -0.39 is 0 Å². The summed E-state index contributed by atoms with van der Waals surface area (Å²) in [6.45, 7) is 4.57. The molecule has 2 aliphatic rings. The van der Waals surface area contributed by atoms with Crippen LogP contribution in [0.3, 0.4) is 0 Å². The molecule has 1 unspecified atom stereocenters. The summed E-state index contributed by atoms with van der Waals surface area (Å²) in [6.07, 6.45) is 8.75. The fourth-order valence-corrected chi connectivity index (χ4v) is 10.3. The molecule has 39 heavy (non-hydrogen) atoms. The zero-order valence-corrected chi connectivity index (χ0v) is 26.3. The zero-order valence-electron chi connectivity index (χ0n) is 24.7. The van der Waals surface area contributed by atoms with Crippen LogP contribution in [-0.2, 0) is 9.49 Å². The second-order valence-corrected chi connectivity index (χ2v) is 14.3. The standard InChI is InChI=1S/C32H47NO4S2/c1-24(21-32(38-17-10-18-39-32)26-12-14-28(35-4)30(20-26)37-6)22-33(2)23-31(15-8-7-9-16-31)25-11-13-27(34-3)29(19-25)36-5/h11-14,19-20,24H,7-10,15-18,21-23H2,1-6H3. The van der Waals surface area contributed by atoms with Crippen LogP contribution in [0.15, 0.2) is 36.4 Å². The molecule has 7 heteroatoms. The van der Waals surface area contributed by atoms with Crippen molar-refractivity contribution in [2.75, 3.05) is 60.1 Å². The summed E-state index contributed by atoms with van der Waals surface area (Å²) >= 11 is 4.23. The number of hydrogen-bond acceptors (Lipinski definition) is 7. The molecule has 0 aromatic heterocycles. The van der Waals surface area contributed by atoms with Crippen LogP contribution < -0.4 is 18.9 Å². The van der Waals surface area contributed by atoms with Crippen LogP contribution in [0.1, 0.15) is 63.0 Å². The highest BCUT2D eigenvalue weighted by atomic mass is 32.2. The first kappa shape index (κ1) is 30.3. The van der Waals surface area contributed by atoms with E-state index in [-0.39, 0.29) is 9.49 Å². The van der Waals surface area contributed by atoms with Gasteiger partial charge in [-0.25, -0.2) is 0 Å². The molecule has 4 rings (SSSR count). The van der Waals surface area contributed by atoms with E-state index in [1.807, 2.05) is 0 Å². The normalized spacial score (nSPS) is 19.4. The maximum Gasteiger partial charge on any atom is 0.161 e. The van der Waals surface area contributed by atoms with Gasteiger partial charge in [0, 0.05) is 18.5 Å². The van der Waals surface area contributed by atoms with Gasteiger partial charge in [-0.05, 0) is 85.5 Å². The number of likely N-dealkylation sites (N-methyl/N-ethyl adjacent to an activating group) is 1. The van der Waals surface area contributed by atoms with E-state index in [1.165, 1.54) is 61.2 Å². The lowest BCUT2D eigenvalue weighted by molar-refractivity contribution is 0.175. The summed E-state index contributed by atoms with van der Waals surface area (Å²) in [4.78, 5) is 2.59. The predicted octanol–water partition coefficient (Wildman–Crippen LogP) is 7.60. The lowest BCUT2D eigenvalue weighted by Gasteiger charge is -2.43. The minimum absolute atomic E-state index is 0.0456. The molecule has 2 aromatic rings. The molecule has 1 atom stereocenters. The fraction of sp³-hybridized carbons (Fsp3) is 0.625. The first-order valence-corrected chi connectivity index (χ1v) is 16.3. The van der Waals surface area contributed by atoms with Crippen LogP contribution >= 0.6 is 23.5 Å². The van der Waals surface area contributed by atoms with Crippen molar-refractivity contribution in [1.82, 2.24) is 4.90 Å². The van der Waals surface area contributed by atoms with Crippen molar-refractivity contribution < 1.29 is 18.9 Å². The highest BCUT2D eigenvalue weighted by molar-refractivity contribution is 8.18. The van der Waals surface area contributed by atoms with Gasteiger partial charge in [-0.1, -0.05) is 38.3 Å². The van der Waals surface area contributed by atoms with E-state index >= 15 is 0 Å².